The van der Waals surface area contributed by atoms with Gasteiger partial charge in [0, 0.05) is 39.4 Å². The van der Waals surface area contributed by atoms with Gasteiger partial charge in [-0.25, -0.2) is 4.68 Å². The van der Waals surface area contributed by atoms with Gasteiger partial charge in [0.05, 0.1) is 31.5 Å². The second-order valence-corrected chi connectivity index (χ2v) is 10.1. The van der Waals surface area contributed by atoms with Crippen molar-refractivity contribution in [1.82, 2.24) is 24.8 Å². The first-order valence-electron chi connectivity index (χ1n) is 12.9. The number of likely N-dealkylation sites (N-methyl/N-ethyl adjacent to an activating group) is 1. The molecule has 37 heavy (non-hydrogen) atoms. The summed E-state index contributed by atoms with van der Waals surface area (Å²) >= 11 is 0. The number of nitrogens with zero attached hydrogens (tertiary/aromatic N) is 5. The number of aromatic nitrogens is 3. The van der Waals surface area contributed by atoms with E-state index >= 15 is 0 Å². The van der Waals surface area contributed by atoms with Crippen LogP contribution in [0.2, 0.25) is 0 Å². The van der Waals surface area contributed by atoms with Crippen LogP contribution < -0.4 is 4.74 Å². The second-order valence-electron chi connectivity index (χ2n) is 10.1. The Hall–Kier alpha value is -2.98. The van der Waals surface area contributed by atoms with E-state index in [0.29, 0.717) is 44.8 Å². The minimum Gasteiger partial charge on any atom is -0.497 e. The van der Waals surface area contributed by atoms with Gasteiger partial charge in [0.1, 0.15) is 5.75 Å². The number of carbonyl (C=O) groups is 2. The van der Waals surface area contributed by atoms with Crippen LogP contribution >= 0.6 is 0 Å². The fraction of sp³-hybridized carbons (Fsp3) is 0.630. The average Bonchev–Trinajstić information content (AvgIpc) is 3.32. The molecule has 0 aliphatic carbocycles. The monoisotopic (exact) mass is 515 g/mol. The molecule has 0 saturated carbocycles. The summed E-state index contributed by atoms with van der Waals surface area (Å²) in [6, 6.07) is 7.41. The van der Waals surface area contributed by atoms with Crippen molar-refractivity contribution in [3.05, 3.63) is 35.7 Å². The first-order chi connectivity index (χ1) is 17.8. The summed E-state index contributed by atoms with van der Waals surface area (Å²) in [4.78, 5) is 30.5. The predicted molar refractivity (Wildman–Crippen MR) is 140 cm³/mol. The lowest BCUT2D eigenvalue weighted by molar-refractivity contribution is -0.148. The van der Waals surface area contributed by atoms with Crippen LogP contribution in [0.4, 0.5) is 0 Å². The Morgan fingerprint density at radius 2 is 1.84 bits per heavy atom. The van der Waals surface area contributed by atoms with Gasteiger partial charge in [-0.15, -0.1) is 5.10 Å². The SMILES string of the molecule is COCCCCc1c(C(=O)N(CC(C)C)[C@H]2C[C@@H](C(=O)OC)CN(C)C2)nnn1-c1ccc(OC)cc1. The van der Waals surface area contributed by atoms with E-state index < -0.39 is 0 Å². The third-order valence-electron chi connectivity index (χ3n) is 6.70. The topological polar surface area (TPSA) is 99.0 Å². The van der Waals surface area contributed by atoms with Crippen molar-refractivity contribution in [1.29, 1.82) is 0 Å². The molecule has 1 fully saturated rings. The van der Waals surface area contributed by atoms with Crippen LogP contribution in [0.15, 0.2) is 24.3 Å². The minimum atomic E-state index is -0.278. The Morgan fingerprint density at radius 3 is 2.46 bits per heavy atom. The number of unbranched alkanes of at least 4 members (excludes halogenated alkanes) is 1. The molecule has 2 heterocycles. The maximum atomic E-state index is 14.1. The number of esters is 1. The standard InChI is InChI=1S/C27H41N5O5/c1-19(2)16-31(22-15-20(27(34)37-6)17-30(3)18-22)26(33)25-24(9-7-8-14-35-4)32(29-28-25)21-10-12-23(36-5)13-11-21/h10-13,19-20,22H,7-9,14-18H2,1-6H3/t20-,22+/m1/s1. The quantitative estimate of drug-likeness (QED) is 0.314. The molecule has 0 bridgehead atoms. The van der Waals surface area contributed by atoms with Gasteiger partial charge in [-0.05, 0) is 62.9 Å². The zero-order chi connectivity index (χ0) is 26.9. The summed E-state index contributed by atoms with van der Waals surface area (Å²) in [5.41, 5.74) is 1.94. The molecule has 1 aliphatic rings. The summed E-state index contributed by atoms with van der Waals surface area (Å²) in [5.74, 6) is 0.317. The van der Waals surface area contributed by atoms with Crippen LogP contribution in [0.25, 0.3) is 5.69 Å². The molecule has 1 aliphatic heterocycles. The van der Waals surface area contributed by atoms with Gasteiger partial charge >= 0.3 is 5.97 Å². The van der Waals surface area contributed by atoms with E-state index in [9.17, 15) is 9.59 Å². The Kier molecular flexibility index (Phi) is 10.5. The van der Waals surface area contributed by atoms with Crippen LogP contribution in [0.3, 0.4) is 0 Å². The Morgan fingerprint density at radius 1 is 1.11 bits per heavy atom. The Labute approximate surface area is 219 Å². The zero-order valence-electron chi connectivity index (χ0n) is 23.0. The number of methoxy groups -OCH3 is 3. The minimum absolute atomic E-state index is 0.134. The maximum absolute atomic E-state index is 14.1. The van der Waals surface area contributed by atoms with Crippen LogP contribution in [-0.4, -0.2) is 97.3 Å². The normalized spacial score (nSPS) is 18.1. The van der Waals surface area contributed by atoms with E-state index in [2.05, 4.69) is 29.1 Å². The fourth-order valence-corrected chi connectivity index (χ4v) is 4.94. The number of hydrogen-bond acceptors (Lipinski definition) is 8. The van der Waals surface area contributed by atoms with Crippen molar-refractivity contribution < 1.29 is 23.8 Å². The number of piperidine rings is 1. The summed E-state index contributed by atoms with van der Waals surface area (Å²) in [6.45, 7) is 6.68. The number of benzene rings is 1. The molecule has 10 heteroatoms. The maximum Gasteiger partial charge on any atom is 0.310 e. The molecule has 3 rings (SSSR count). The zero-order valence-corrected chi connectivity index (χ0v) is 23.0. The lowest BCUT2D eigenvalue weighted by atomic mass is 9.92. The first kappa shape index (κ1) is 28.6. The highest BCUT2D eigenvalue weighted by Crippen LogP contribution is 2.26. The molecule has 2 aromatic rings. The van der Waals surface area contributed by atoms with Crippen molar-refractivity contribution in [3.63, 3.8) is 0 Å². The number of amides is 1. The average molecular weight is 516 g/mol. The molecule has 1 aromatic carbocycles. The molecule has 1 aromatic heterocycles. The number of rotatable bonds is 12. The highest BCUT2D eigenvalue weighted by molar-refractivity contribution is 5.93. The molecule has 10 nitrogen and oxygen atoms in total. The van der Waals surface area contributed by atoms with Gasteiger partial charge in [-0.2, -0.15) is 0 Å². The highest BCUT2D eigenvalue weighted by Gasteiger charge is 2.37. The molecule has 0 N–H and O–H groups in total. The van der Waals surface area contributed by atoms with Crippen LogP contribution in [0, 0.1) is 11.8 Å². The molecule has 2 atom stereocenters. The van der Waals surface area contributed by atoms with Gasteiger partial charge in [-0.1, -0.05) is 19.1 Å². The van der Waals surface area contributed by atoms with Crippen molar-refractivity contribution in [3.8, 4) is 11.4 Å². The second kappa shape index (κ2) is 13.5. The summed E-state index contributed by atoms with van der Waals surface area (Å²) in [7, 11) is 6.70. The Balaban J connectivity index is 1.96. The van der Waals surface area contributed by atoms with Crippen LogP contribution in [0.5, 0.6) is 5.75 Å². The van der Waals surface area contributed by atoms with E-state index in [1.807, 2.05) is 36.2 Å². The van der Waals surface area contributed by atoms with Gasteiger partial charge in [0.15, 0.2) is 5.69 Å². The van der Waals surface area contributed by atoms with Crippen molar-refractivity contribution in [2.24, 2.45) is 11.8 Å². The van der Waals surface area contributed by atoms with E-state index in [-0.39, 0.29) is 29.8 Å². The smallest absolute Gasteiger partial charge is 0.310 e. The third-order valence-corrected chi connectivity index (χ3v) is 6.70. The first-order valence-corrected chi connectivity index (χ1v) is 12.9. The largest absolute Gasteiger partial charge is 0.497 e. The summed E-state index contributed by atoms with van der Waals surface area (Å²) in [6.07, 6.45) is 2.89. The molecular formula is C27H41N5O5. The third kappa shape index (κ3) is 7.29. The van der Waals surface area contributed by atoms with Gasteiger partial charge in [0.25, 0.3) is 5.91 Å². The predicted octanol–water partition coefficient (Wildman–Crippen LogP) is 2.84. The molecule has 0 unspecified atom stereocenters. The number of likely N-dealkylation sites (tertiary alicyclic amines) is 1. The molecule has 1 saturated heterocycles. The number of hydrogen-bond donors (Lipinski definition) is 0. The fourth-order valence-electron chi connectivity index (χ4n) is 4.94. The lowest BCUT2D eigenvalue weighted by Crippen LogP contribution is -2.54. The van der Waals surface area contributed by atoms with E-state index in [0.717, 1.165) is 30.0 Å². The summed E-state index contributed by atoms with van der Waals surface area (Å²) in [5, 5.41) is 8.80. The molecule has 1 amide bonds. The molecule has 204 valence electrons. The Bertz CT molecular complexity index is 1020. The van der Waals surface area contributed by atoms with Crippen molar-refractivity contribution in [2.75, 3.05) is 54.6 Å². The van der Waals surface area contributed by atoms with Gasteiger partial charge in [0.2, 0.25) is 0 Å². The van der Waals surface area contributed by atoms with E-state index in [4.69, 9.17) is 14.2 Å². The van der Waals surface area contributed by atoms with Gasteiger partial charge in [-0.3, -0.25) is 9.59 Å². The van der Waals surface area contributed by atoms with Crippen LogP contribution in [-0.2, 0) is 20.7 Å². The summed E-state index contributed by atoms with van der Waals surface area (Å²) < 4.78 is 17.3. The van der Waals surface area contributed by atoms with E-state index in [1.165, 1.54) is 7.11 Å². The van der Waals surface area contributed by atoms with E-state index in [1.54, 1.807) is 18.9 Å². The molecule has 0 radical (unpaired) electrons. The van der Waals surface area contributed by atoms with Gasteiger partial charge < -0.3 is 24.0 Å². The molecule has 0 spiro atoms. The van der Waals surface area contributed by atoms with Crippen molar-refractivity contribution >= 4 is 11.9 Å². The lowest BCUT2D eigenvalue weighted by Gasteiger charge is -2.41. The highest BCUT2D eigenvalue weighted by atomic mass is 16.5. The van der Waals surface area contributed by atoms with Crippen molar-refractivity contribution in [2.45, 2.75) is 45.6 Å². The van der Waals surface area contributed by atoms with Crippen LogP contribution in [0.1, 0.15) is 49.3 Å². The molecular weight excluding hydrogens is 474 g/mol. The number of carbonyl (C=O) groups excluding carboxylic acids is 2. The number of ether oxygens (including phenoxy) is 3.